The lowest BCUT2D eigenvalue weighted by Gasteiger charge is -2.21. The first-order chi connectivity index (χ1) is 8.09. The number of hydrogen-bond acceptors (Lipinski definition) is 4. The molecule has 0 aromatic carbocycles. The molecule has 1 fully saturated rings. The molecule has 2 rings (SSSR count). The van der Waals surface area contributed by atoms with Crippen molar-refractivity contribution in [2.45, 2.75) is 18.5 Å². The van der Waals surface area contributed by atoms with E-state index >= 15 is 0 Å². The monoisotopic (exact) mass is 235 g/mol. The second-order valence-electron chi connectivity index (χ2n) is 4.05. The maximum atomic E-state index is 12.1. The Morgan fingerprint density at radius 1 is 1.53 bits per heavy atom. The summed E-state index contributed by atoms with van der Waals surface area (Å²) in [6.45, 7) is 0.269. The number of nitrogens with zero attached hydrogens (tertiary/aromatic N) is 2. The Bertz CT molecular complexity index is 435. The largest absolute Gasteiger partial charge is 0.480 e. The minimum atomic E-state index is -1.02. The van der Waals surface area contributed by atoms with Gasteiger partial charge in [-0.1, -0.05) is 0 Å². The highest BCUT2D eigenvalue weighted by atomic mass is 16.4. The van der Waals surface area contributed by atoms with Gasteiger partial charge < -0.3 is 15.7 Å². The highest BCUT2D eigenvalue weighted by molar-refractivity contribution is 5.96. The molecular weight excluding hydrogens is 222 g/mol. The minimum absolute atomic E-state index is 0.269. The molecule has 1 saturated heterocycles. The Morgan fingerprint density at radius 3 is 2.88 bits per heavy atom. The second kappa shape index (κ2) is 4.50. The number of likely N-dealkylation sites (tertiary alicyclic amines) is 1. The number of pyridine rings is 1. The maximum Gasteiger partial charge on any atom is 0.326 e. The summed E-state index contributed by atoms with van der Waals surface area (Å²) in [5.41, 5.74) is 6.08. The summed E-state index contributed by atoms with van der Waals surface area (Å²) in [7, 11) is 0. The fourth-order valence-electron chi connectivity index (χ4n) is 1.98. The van der Waals surface area contributed by atoms with Gasteiger partial charge in [-0.3, -0.25) is 9.78 Å². The lowest BCUT2D eigenvalue weighted by atomic mass is 10.2. The van der Waals surface area contributed by atoms with Crippen molar-refractivity contribution < 1.29 is 14.7 Å². The van der Waals surface area contributed by atoms with Gasteiger partial charge in [0.2, 0.25) is 0 Å². The quantitative estimate of drug-likeness (QED) is 0.734. The van der Waals surface area contributed by atoms with E-state index in [1.54, 1.807) is 18.3 Å². The number of carbonyl (C=O) groups is 2. The Balaban J connectivity index is 2.22. The Morgan fingerprint density at radius 2 is 2.29 bits per heavy atom. The van der Waals surface area contributed by atoms with Gasteiger partial charge in [0, 0.05) is 25.0 Å². The predicted molar refractivity (Wildman–Crippen MR) is 59.3 cm³/mol. The van der Waals surface area contributed by atoms with Crippen LogP contribution in [0.3, 0.4) is 0 Å². The first-order valence-electron chi connectivity index (χ1n) is 5.29. The molecule has 0 bridgehead atoms. The van der Waals surface area contributed by atoms with E-state index in [2.05, 4.69) is 4.98 Å². The molecule has 2 heterocycles. The zero-order valence-electron chi connectivity index (χ0n) is 9.11. The molecule has 0 aliphatic carbocycles. The number of carbonyl (C=O) groups excluding carboxylic acids is 1. The van der Waals surface area contributed by atoms with Crippen molar-refractivity contribution in [1.29, 1.82) is 0 Å². The maximum absolute atomic E-state index is 12.1. The first-order valence-corrected chi connectivity index (χ1v) is 5.29. The van der Waals surface area contributed by atoms with E-state index in [9.17, 15) is 9.59 Å². The van der Waals surface area contributed by atoms with E-state index in [4.69, 9.17) is 10.8 Å². The predicted octanol–water partition coefficient (Wildman–Crippen LogP) is -0.292. The van der Waals surface area contributed by atoms with Crippen molar-refractivity contribution in [3.8, 4) is 0 Å². The van der Waals surface area contributed by atoms with E-state index in [-0.39, 0.29) is 18.5 Å². The number of carboxylic acid groups (broad SMARTS) is 1. The lowest BCUT2D eigenvalue weighted by Crippen LogP contribution is -2.40. The van der Waals surface area contributed by atoms with Gasteiger partial charge in [-0.05, 0) is 18.6 Å². The van der Waals surface area contributed by atoms with E-state index in [0.717, 1.165) is 0 Å². The molecule has 0 radical (unpaired) electrons. The number of aliphatic carboxylic acids is 1. The number of nitrogens with two attached hydrogens (primary N) is 1. The van der Waals surface area contributed by atoms with Crippen molar-refractivity contribution in [1.82, 2.24) is 9.88 Å². The van der Waals surface area contributed by atoms with Crippen molar-refractivity contribution in [3.05, 3.63) is 30.1 Å². The van der Waals surface area contributed by atoms with Crippen molar-refractivity contribution >= 4 is 11.9 Å². The SMILES string of the molecule is NC1CC(C(=O)O)N(C(=O)c2cccnc2)C1. The van der Waals surface area contributed by atoms with Crippen LogP contribution in [0.4, 0.5) is 0 Å². The average Bonchev–Trinajstić information content (AvgIpc) is 2.72. The summed E-state index contributed by atoms with van der Waals surface area (Å²) in [6, 6.07) is 2.13. The van der Waals surface area contributed by atoms with Crippen LogP contribution in [-0.4, -0.2) is 45.5 Å². The Labute approximate surface area is 98.1 Å². The van der Waals surface area contributed by atoms with Gasteiger partial charge in [0.1, 0.15) is 6.04 Å². The van der Waals surface area contributed by atoms with Gasteiger partial charge in [0.25, 0.3) is 5.91 Å². The average molecular weight is 235 g/mol. The summed E-state index contributed by atoms with van der Waals surface area (Å²) in [5, 5.41) is 9.03. The zero-order chi connectivity index (χ0) is 12.4. The standard InChI is InChI=1S/C11H13N3O3/c12-8-4-9(11(16)17)14(6-8)10(15)7-2-1-3-13-5-7/h1-3,5,8-9H,4,6,12H2,(H,16,17). The molecule has 2 atom stereocenters. The first kappa shape index (κ1) is 11.5. The van der Waals surface area contributed by atoms with E-state index in [1.807, 2.05) is 0 Å². The smallest absolute Gasteiger partial charge is 0.326 e. The Hall–Kier alpha value is -1.95. The van der Waals surface area contributed by atoms with Crippen LogP contribution in [0.1, 0.15) is 16.8 Å². The molecule has 1 aromatic heterocycles. The summed E-state index contributed by atoms with van der Waals surface area (Å²) in [4.78, 5) is 28.2. The molecule has 3 N–H and O–H groups in total. The molecule has 1 amide bonds. The van der Waals surface area contributed by atoms with Crippen LogP contribution in [-0.2, 0) is 4.79 Å². The number of hydrogen-bond donors (Lipinski definition) is 2. The van der Waals surface area contributed by atoms with Crippen LogP contribution in [0.25, 0.3) is 0 Å². The normalized spacial score (nSPS) is 23.7. The molecule has 0 spiro atoms. The molecule has 90 valence electrons. The fourth-order valence-corrected chi connectivity index (χ4v) is 1.98. The van der Waals surface area contributed by atoms with E-state index in [1.165, 1.54) is 11.1 Å². The van der Waals surface area contributed by atoms with Crippen LogP contribution in [0.2, 0.25) is 0 Å². The number of rotatable bonds is 2. The highest BCUT2D eigenvalue weighted by Crippen LogP contribution is 2.19. The molecular formula is C11H13N3O3. The molecule has 17 heavy (non-hydrogen) atoms. The van der Waals surface area contributed by atoms with Crippen LogP contribution in [0.5, 0.6) is 0 Å². The third-order valence-electron chi connectivity index (χ3n) is 2.79. The van der Waals surface area contributed by atoms with E-state index in [0.29, 0.717) is 12.0 Å². The third kappa shape index (κ3) is 2.26. The van der Waals surface area contributed by atoms with Crippen LogP contribution in [0, 0.1) is 0 Å². The van der Waals surface area contributed by atoms with Gasteiger partial charge in [-0.25, -0.2) is 4.79 Å². The van der Waals surface area contributed by atoms with Crippen LogP contribution < -0.4 is 5.73 Å². The highest BCUT2D eigenvalue weighted by Gasteiger charge is 2.38. The van der Waals surface area contributed by atoms with E-state index < -0.39 is 12.0 Å². The molecule has 1 aliphatic heterocycles. The third-order valence-corrected chi connectivity index (χ3v) is 2.79. The number of aromatic nitrogens is 1. The summed E-state index contributed by atoms with van der Waals surface area (Å²) in [6.07, 6.45) is 3.27. The molecule has 0 saturated carbocycles. The molecule has 6 heteroatoms. The summed E-state index contributed by atoms with van der Waals surface area (Å²) in [5.74, 6) is -1.35. The number of amides is 1. The number of carboxylic acids is 1. The summed E-state index contributed by atoms with van der Waals surface area (Å²) >= 11 is 0. The van der Waals surface area contributed by atoms with Gasteiger partial charge in [-0.2, -0.15) is 0 Å². The van der Waals surface area contributed by atoms with Crippen molar-refractivity contribution in [3.63, 3.8) is 0 Å². The van der Waals surface area contributed by atoms with Crippen LogP contribution in [0.15, 0.2) is 24.5 Å². The van der Waals surface area contributed by atoms with Crippen molar-refractivity contribution in [2.24, 2.45) is 5.73 Å². The molecule has 2 unspecified atom stereocenters. The van der Waals surface area contributed by atoms with Gasteiger partial charge in [0.05, 0.1) is 5.56 Å². The fraction of sp³-hybridized carbons (Fsp3) is 0.364. The zero-order valence-corrected chi connectivity index (χ0v) is 9.11. The minimum Gasteiger partial charge on any atom is -0.480 e. The lowest BCUT2D eigenvalue weighted by molar-refractivity contribution is -0.141. The molecule has 1 aliphatic rings. The second-order valence-corrected chi connectivity index (χ2v) is 4.05. The summed E-state index contributed by atoms with van der Waals surface area (Å²) < 4.78 is 0. The van der Waals surface area contributed by atoms with Gasteiger partial charge in [0.15, 0.2) is 0 Å². The van der Waals surface area contributed by atoms with Crippen LogP contribution >= 0.6 is 0 Å². The Kier molecular flexibility index (Phi) is 3.06. The molecule has 6 nitrogen and oxygen atoms in total. The molecule has 1 aromatic rings. The van der Waals surface area contributed by atoms with Gasteiger partial charge in [-0.15, -0.1) is 0 Å². The van der Waals surface area contributed by atoms with Gasteiger partial charge >= 0.3 is 5.97 Å². The van der Waals surface area contributed by atoms with Crippen molar-refractivity contribution in [2.75, 3.05) is 6.54 Å². The topological polar surface area (TPSA) is 96.5 Å².